The third kappa shape index (κ3) is 5.30. The second-order valence-corrected chi connectivity index (χ2v) is 6.98. The molecule has 27 heavy (non-hydrogen) atoms. The lowest BCUT2D eigenvalue weighted by Crippen LogP contribution is -2.34. The number of ether oxygens (including phenoxy) is 2. The molecule has 1 heterocycles. The van der Waals surface area contributed by atoms with Crippen LogP contribution in [0.15, 0.2) is 42.5 Å². The smallest absolute Gasteiger partial charge is 0.416 e. The molecule has 0 amide bonds. The fourth-order valence-corrected chi connectivity index (χ4v) is 3.15. The number of nitrogens with one attached hydrogen (secondary N) is 1. The summed E-state index contributed by atoms with van der Waals surface area (Å²) in [4.78, 5) is 0. The molecule has 2 aromatic carbocycles. The molecule has 3 nitrogen and oxygen atoms in total. The van der Waals surface area contributed by atoms with Gasteiger partial charge in [0.2, 0.25) is 0 Å². The van der Waals surface area contributed by atoms with Crippen molar-refractivity contribution in [2.75, 3.05) is 13.1 Å². The Morgan fingerprint density at radius 1 is 1.07 bits per heavy atom. The van der Waals surface area contributed by atoms with Gasteiger partial charge in [0.05, 0.1) is 5.56 Å². The summed E-state index contributed by atoms with van der Waals surface area (Å²) in [5, 5.41) is 3.78. The first-order valence-electron chi connectivity index (χ1n) is 8.83. The van der Waals surface area contributed by atoms with Crippen molar-refractivity contribution in [2.45, 2.75) is 38.1 Å². The van der Waals surface area contributed by atoms with Crippen LogP contribution in [0, 0.1) is 0 Å². The van der Waals surface area contributed by atoms with E-state index in [-0.39, 0.29) is 6.10 Å². The molecule has 1 fully saturated rings. The fourth-order valence-electron chi connectivity index (χ4n) is 2.99. The van der Waals surface area contributed by atoms with Gasteiger partial charge in [-0.2, -0.15) is 13.2 Å². The van der Waals surface area contributed by atoms with Gasteiger partial charge in [-0.15, -0.1) is 0 Å². The van der Waals surface area contributed by atoms with Gasteiger partial charge in [0, 0.05) is 11.1 Å². The van der Waals surface area contributed by atoms with Crippen LogP contribution in [0.4, 0.5) is 13.2 Å². The number of hydrogen-bond donors (Lipinski definition) is 1. The lowest BCUT2D eigenvalue weighted by molar-refractivity contribution is -0.137. The van der Waals surface area contributed by atoms with E-state index in [9.17, 15) is 13.2 Å². The molecule has 2 aromatic rings. The predicted octanol–water partition coefficient (Wildman–Crippen LogP) is 5.63. The molecule has 0 saturated carbocycles. The maximum Gasteiger partial charge on any atom is 0.416 e. The summed E-state index contributed by atoms with van der Waals surface area (Å²) in [7, 11) is 0. The Hall–Kier alpha value is -1.92. The zero-order chi connectivity index (χ0) is 19.4. The van der Waals surface area contributed by atoms with Crippen molar-refractivity contribution >= 4 is 11.6 Å². The molecule has 1 atom stereocenters. The molecule has 0 aromatic heterocycles. The van der Waals surface area contributed by atoms with E-state index in [4.69, 9.17) is 21.1 Å². The Labute approximate surface area is 161 Å². The number of hydrogen-bond acceptors (Lipinski definition) is 3. The molecular weight excluding hydrogens is 379 g/mol. The highest BCUT2D eigenvalue weighted by Crippen LogP contribution is 2.36. The van der Waals surface area contributed by atoms with Gasteiger partial charge in [-0.1, -0.05) is 23.7 Å². The summed E-state index contributed by atoms with van der Waals surface area (Å²) >= 11 is 6.09. The summed E-state index contributed by atoms with van der Waals surface area (Å²) < 4.78 is 50.8. The minimum Gasteiger partial charge on any atom is -0.486 e. The van der Waals surface area contributed by atoms with E-state index in [1.807, 2.05) is 0 Å². The summed E-state index contributed by atoms with van der Waals surface area (Å²) in [6, 6.07) is 10.2. The fraction of sp³-hybridized carbons (Fsp3) is 0.400. The number of benzene rings is 2. The summed E-state index contributed by atoms with van der Waals surface area (Å²) in [5.41, 5.74) is -0.259. The zero-order valence-electron chi connectivity index (χ0n) is 14.9. The van der Waals surface area contributed by atoms with Gasteiger partial charge in [0.1, 0.15) is 12.2 Å². The van der Waals surface area contributed by atoms with E-state index in [1.54, 1.807) is 31.2 Å². The van der Waals surface area contributed by atoms with E-state index in [0.29, 0.717) is 22.1 Å². The van der Waals surface area contributed by atoms with Crippen LogP contribution in [0.2, 0.25) is 5.02 Å². The van der Waals surface area contributed by atoms with Crippen LogP contribution in [-0.2, 0) is 6.18 Å². The molecule has 0 bridgehead atoms. The summed E-state index contributed by atoms with van der Waals surface area (Å²) in [6.45, 7) is 3.46. The number of alkyl halides is 3. The van der Waals surface area contributed by atoms with Gasteiger partial charge in [-0.05, 0) is 62.7 Å². The van der Waals surface area contributed by atoms with Crippen molar-refractivity contribution < 1.29 is 22.6 Å². The normalized spacial score (nSPS) is 16.8. The van der Waals surface area contributed by atoms with Crippen molar-refractivity contribution in [1.29, 1.82) is 0 Å². The third-order valence-electron chi connectivity index (χ3n) is 4.47. The Kier molecular flexibility index (Phi) is 6.17. The minimum absolute atomic E-state index is 0.0518. The van der Waals surface area contributed by atoms with Gasteiger partial charge < -0.3 is 14.8 Å². The van der Waals surface area contributed by atoms with Crippen LogP contribution in [0.3, 0.4) is 0 Å². The molecule has 0 unspecified atom stereocenters. The van der Waals surface area contributed by atoms with E-state index in [1.165, 1.54) is 6.07 Å². The van der Waals surface area contributed by atoms with Crippen LogP contribution < -0.4 is 14.8 Å². The Morgan fingerprint density at radius 3 is 2.52 bits per heavy atom. The monoisotopic (exact) mass is 399 g/mol. The zero-order valence-corrected chi connectivity index (χ0v) is 15.6. The first-order chi connectivity index (χ1) is 12.8. The molecule has 1 aliphatic rings. The second-order valence-electron chi connectivity index (χ2n) is 6.54. The standard InChI is InChI=1S/C20H21ClF3NO2/c1-13(14-3-2-4-15(11-14)20(22,23)24)26-18-6-5-16(21)12-19(18)27-17-7-9-25-10-8-17/h2-6,11-13,17,25H,7-10H2,1H3/t13-/m1/s1. The van der Waals surface area contributed by atoms with Gasteiger partial charge in [-0.3, -0.25) is 0 Å². The predicted molar refractivity (Wildman–Crippen MR) is 98.5 cm³/mol. The number of piperidine rings is 1. The highest BCUT2D eigenvalue weighted by molar-refractivity contribution is 6.30. The molecular formula is C20H21ClF3NO2. The Balaban J connectivity index is 1.78. The van der Waals surface area contributed by atoms with Gasteiger partial charge in [0.15, 0.2) is 11.5 Å². The first kappa shape index (κ1) is 19.8. The summed E-state index contributed by atoms with van der Waals surface area (Å²) in [5.74, 6) is 0.969. The molecule has 7 heteroatoms. The van der Waals surface area contributed by atoms with Crippen LogP contribution >= 0.6 is 11.6 Å². The SMILES string of the molecule is C[C@@H](Oc1ccc(Cl)cc1OC1CCNCC1)c1cccc(C(F)(F)F)c1. The lowest BCUT2D eigenvalue weighted by Gasteiger charge is -2.26. The molecule has 1 N–H and O–H groups in total. The van der Waals surface area contributed by atoms with Crippen LogP contribution in [0.1, 0.15) is 37.0 Å². The van der Waals surface area contributed by atoms with Crippen LogP contribution in [-0.4, -0.2) is 19.2 Å². The minimum atomic E-state index is -4.39. The molecule has 3 rings (SSSR count). The van der Waals surface area contributed by atoms with E-state index in [2.05, 4.69) is 5.32 Å². The van der Waals surface area contributed by atoms with Crippen molar-refractivity contribution in [3.05, 3.63) is 58.6 Å². The van der Waals surface area contributed by atoms with Crippen LogP contribution in [0.25, 0.3) is 0 Å². The highest BCUT2D eigenvalue weighted by atomic mass is 35.5. The lowest BCUT2D eigenvalue weighted by atomic mass is 10.1. The van der Waals surface area contributed by atoms with Crippen molar-refractivity contribution in [2.24, 2.45) is 0 Å². The first-order valence-corrected chi connectivity index (χ1v) is 9.21. The molecule has 1 saturated heterocycles. The van der Waals surface area contributed by atoms with Crippen molar-refractivity contribution in [1.82, 2.24) is 5.32 Å². The molecule has 1 aliphatic heterocycles. The number of rotatable bonds is 5. The maximum absolute atomic E-state index is 12.9. The van der Waals surface area contributed by atoms with Gasteiger partial charge >= 0.3 is 6.18 Å². The largest absolute Gasteiger partial charge is 0.486 e. The Morgan fingerprint density at radius 2 is 1.81 bits per heavy atom. The van der Waals surface area contributed by atoms with Gasteiger partial charge in [-0.25, -0.2) is 0 Å². The topological polar surface area (TPSA) is 30.5 Å². The Bertz CT molecular complexity index is 776. The molecule has 0 spiro atoms. The highest BCUT2D eigenvalue weighted by Gasteiger charge is 2.31. The van der Waals surface area contributed by atoms with Gasteiger partial charge in [0.25, 0.3) is 0 Å². The number of halogens is 4. The summed E-state index contributed by atoms with van der Waals surface area (Å²) in [6.07, 6.45) is -3.18. The second kappa shape index (κ2) is 8.40. The van der Waals surface area contributed by atoms with E-state index in [0.717, 1.165) is 38.1 Å². The van der Waals surface area contributed by atoms with Crippen molar-refractivity contribution in [3.8, 4) is 11.5 Å². The van der Waals surface area contributed by atoms with Crippen molar-refractivity contribution in [3.63, 3.8) is 0 Å². The van der Waals surface area contributed by atoms with Crippen LogP contribution in [0.5, 0.6) is 11.5 Å². The molecule has 0 aliphatic carbocycles. The van der Waals surface area contributed by atoms with E-state index >= 15 is 0 Å². The average molecular weight is 400 g/mol. The molecule has 0 radical (unpaired) electrons. The average Bonchev–Trinajstić information content (AvgIpc) is 2.64. The third-order valence-corrected chi connectivity index (χ3v) is 4.71. The maximum atomic E-state index is 12.9. The quantitative estimate of drug-likeness (QED) is 0.706. The molecule has 146 valence electrons. The van der Waals surface area contributed by atoms with E-state index < -0.39 is 17.8 Å².